The van der Waals surface area contributed by atoms with E-state index in [1.54, 1.807) is 29.8 Å². The number of piperidine rings is 1. The first-order valence-electron chi connectivity index (χ1n) is 10.4. The minimum atomic E-state index is -0.552. The summed E-state index contributed by atoms with van der Waals surface area (Å²) in [6.07, 6.45) is 7.64. The number of aromatic nitrogens is 6. The molecule has 1 saturated heterocycles. The van der Waals surface area contributed by atoms with Crippen molar-refractivity contribution >= 4 is 17.4 Å². The molecule has 10 heteroatoms. The van der Waals surface area contributed by atoms with Crippen LogP contribution in [-0.2, 0) is 0 Å². The zero-order valence-corrected chi connectivity index (χ0v) is 18.2. The van der Waals surface area contributed by atoms with Gasteiger partial charge in [-0.15, -0.1) is 10.2 Å². The number of aryl methyl sites for hydroxylation is 1. The summed E-state index contributed by atoms with van der Waals surface area (Å²) in [4.78, 5) is 4.37. The molecule has 3 aromatic heterocycles. The van der Waals surface area contributed by atoms with Gasteiger partial charge in [0.2, 0.25) is 0 Å². The molecule has 4 aromatic rings. The summed E-state index contributed by atoms with van der Waals surface area (Å²) >= 11 is 6.00. The van der Waals surface area contributed by atoms with Gasteiger partial charge in [-0.2, -0.15) is 5.10 Å². The Morgan fingerprint density at radius 2 is 1.97 bits per heavy atom. The smallest absolute Gasteiger partial charge is 0.172 e. The van der Waals surface area contributed by atoms with Crippen LogP contribution in [0.4, 0.5) is 10.2 Å². The minimum absolute atomic E-state index is 0.0201. The number of hydrogen-bond acceptors (Lipinski definition) is 6. The Kier molecular flexibility index (Phi) is 5.36. The summed E-state index contributed by atoms with van der Waals surface area (Å²) in [6, 6.07) is 7.06. The van der Waals surface area contributed by atoms with Crippen LogP contribution in [0.15, 0.2) is 42.9 Å². The number of nitrogens with one attached hydrogen (secondary N) is 1. The topological polar surface area (TPSA) is 99.5 Å². The van der Waals surface area contributed by atoms with Crippen molar-refractivity contribution < 1.29 is 4.39 Å². The number of benzene rings is 1. The van der Waals surface area contributed by atoms with Gasteiger partial charge < -0.3 is 11.1 Å². The maximum Gasteiger partial charge on any atom is 0.172 e. The molecule has 1 aliphatic heterocycles. The van der Waals surface area contributed by atoms with Crippen LogP contribution in [0.3, 0.4) is 0 Å². The fourth-order valence-corrected chi connectivity index (χ4v) is 4.23. The van der Waals surface area contributed by atoms with Crippen molar-refractivity contribution in [3.8, 4) is 28.2 Å². The van der Waals surface area contributed by atoms with Crippen LogP contribution in [0.25, 0.3) is 28.2 Å². The molecule has 0 saturated carbocycles. The fourth-order valence-electron chi connectivity index (χ4n) is 4.06. The second-order valence-corrected chi connectivity index (χ2v) is 8.23. The molecule has 8 nitrogen and oxygen atoms in total. The Morgan fingerprint density at radius 1 is 1.16 bits per heavy atom. The number of anilines is 1. The monoisotopic (exact) mass is 452 g/mol. The van der Waals surface area contributed by atoms with Crippen molar-refractivity contribution in [3.63, 3.8) is 0 Å². The molecule has 3 N–H and O–H groups in total. The summed E-state index contributed by atoms with van der Waals surface area (Å²) in [5, 5.41) is 16.4. The molecule has 1 aromatic carbocycles. The molecule has 32 heavy (non-hydrogen) atoms. The lowest BCUT2D eigenvalue weighted by molar-refractivity contribution is 0.343. The van der Waals surface area contributed by atoms with E-state index in [1.807, 2.05) is 23.1 Å². The molecular formula is C22H22ClFN8. The van der Waals surface area contributed by atoms with Gasteiger partial charge in [0.25, 0.3) is 0 Å². The molecular weight excluding hydrogens is 431 g/mol. The first-order valence-corrected chi connectivity index (χ1v) is 10.8. The average Bonchev–Trinajstić information content (AvgIpc) is 3.44. The highest BCUT2D eigenvalue weighted by molar-refractivity contribution is 6.30. The zero-order chi connectivity index (χ0) is 22.2. The van der Waals surface area contributed by atoms with E-state index in [1.165, 1.54) is 6.07 Å². The van der Waals surface area contributed by atoms with Crippen LogP contribution in [0.5, 0.6) is 0 Å². The first kappa shape index (κ1) is 20.6. The van der Waals surface area contributed by atoms with Gasteiger partial charge in [0, 0.05) is 23.5 Å². The zero-order valence-electron chi connectivity index (χ0n) is 17.5. The number of nitrogens with zero attached hydrogens (tertiary/aromatic N) is 6. The molecule has 0 amide bonds. The second-order valence-electron chi connectivity index (χ2n) is 7.83. The van der Waals surface area contributed by atoms with Crippen LogP contribution in [0, 0.1) is 12.7 Å². The molecule has 0 spiro atoms. The van der Waals surface area contributed by atoms with Crippen LogP contribution >= 0.6 is 11.6 Å². The van der Waals surface area contributed by atoms with E-state index in [2.05, 4.69) is 25.6 Å². The summed E-state index contributed by atoms with van der Waals surface area (Å²) in [5.41, 5.74) is 8.77. The van der Waals surface area contributed by atoms with Crippen LogP contribution in [0.2, 0.25) is 5.02 Å². The Morgan fingerprint density at radius 3 is 2.78 bits per heavy atom. The highest BCUT2D eigenvalue weighted by Gasteiger charge is 2.21. The molecule has 1 aliphatic rings. The standard InChI is InChI=1S/C22H22ClFN8/c1-13-29-30-22(32(13)19-4-2-3-18(23)20(19)24)17-9-14(10-27-21(17)25)15-11-28-31(12-15)16-5-7-26-8-6-16/h2-4,9-12,16,26H,5-8H2,1H3,(H2,25,27). The predicted molar refractivity (Wildman–Crippen MR) is 121 cm³/mol. The molecule has 164 valence electrons. The van der Waals surface area contributed by atoms with E-state index in [0.717, 1.165) is 37.1 Å². The quantitative estimate of drug-likeness (QED) is 0.488. The number of pyridine rings is 1. The van der Waals surface area contributed by atoms with Gasteiger partial charge in [0.15, 0.2) is 11.6 Å². The third-order valence-corrected chi connectivity index (χ3v) is 6.07. The number of hydrogen-bond donors (Lipinski definition) is 2. The molecule has 0 radical (unpaired) electrons. The third kappa shape index (κ3) is 3.63. The second kappa shape index (κ2) is 8.33. The fraction of sp³-hybridized carbons (Fsp3) is 0.273. The van der Waals surface area contributed by atoms with Crippen LogP contribution in [-0.4, -0.2) is 42.6 Å². The van der Waals surface area contributed by atoms with Gasteiger partial charge in [-0.05, 0) is 51.1 Å². The van der Waals surface area contributed by atoms with E-state index in [-0.39, 0.29) is 16.5 Å². The van der Waals surface area contributed by atoms with E-state index in [4.69, 9.17) is 17.3 Å². The Hall–Kier alpha value is -3.30. The van der Waals surface area contributed by atoms with Crippen molar-refractivity contribution in [1.82, 2.24) is 34.8 Å². The lowest BCUT2D eigenvalue weighted by Crippen LogP contribution is -2.29. The molecule has 1 fully saturated rings. The molecule has 0 aliphatic carbocycles. The minimum Gasteiger partial charge on any atom is -0.383 e. The summed E-state index contributed by atoms with van der Waals surface area (Å²) in [7, 11) is 0. The number of halogens is 2. The average molecular weight is 453 g/mol. The highest BCUT2D eigenvalue weighted by atomic mass is 35.5. The van der Waals surface area contributed by atoms with Gasteiger partial charge >= 0.3 is 0 Å². The maximum atomic E-state index is 14.8. The summed E-state index contributed by atoms with van der Waals surface area (Å²) in [6.45, 7) is 3.72. The molecule has 5 rings (SSSR count). The van der Waals surface area contributed by atoms with Crippen molar-refractivity contribution in [2.75, 3.05) is 18.8 Å². The maximum absolute atomic E-state index is 14.8. The lowest BCUT2D eigenvalue weighted by atomic mass is 10.1. The first-order chi connectivity index (χ1) is 15.5. The SMILES string of the molecule is Cc1nnc(-c2cc(-c3cnn(C4CCNCC4)c3)cnc2N)n1-c1cccc(Cl)c1F. The van der Waals surface area contributed by atoms with E-state index in [0.29, 0.717) is 23.3 Å². The van der Waals surface area contributed by atoms with E-state index < -0.39 is 5.82 Å². The van der Waals surface area contributed by atoms with Crippen molar-refractivity contribution in [2.45, 2.75) is 25.8 Å². The van der Waals surface area contributed by atoms with Crippen molar-refractivity contribution in [1.29, 1.82) is 0 Å². The van der Waals surface area contributed by atoms with Crippen molar-refractivity contribution in [3.05, 3.63) is 59.5 Å². The lowest BCUT2D eigenvalue weighted by Gasteiger charge is -2.22. The van der Waals surface area contributed by atoms with Gasteiger partial charge in [0.05, 0.1) is 28.5 Å². The molecule has 0 atom stereocenters. The largest absolute Gasteiger partial charge is 0.383 e. The van der Waals surface area contributed by atoms with Gasteiger partial charge in [-0.1, -0.05) is 17.7 Å². The summed E-state index contributed by atoms with van der Waals surface area (Å²) in [5.74, 6) is 0.616. The van der Waals surface area contributed by atoms with Crippen LogP contribution < -0.4 is 11.1 Å². The molecule has 4 heterocycles. The van der Waals surface area contributed by atoms with Crippen molar-refractivity contribution in [2.24, 2.45) is 0 Å². The predicted octanol–water partition coefficient (Wildman–Crippen LogP) is 3.80. The summed E-state index contributed by atoms with van der Waals surface area (Å²) < 4.78 is 18.4. The third-order valence-electron chi connectivity index (χ3n) is 5.77. The van der Waals surface area contributed by atoms with Gasteiger partial charge in [-0.25, -0.2) is 9.37 Å². The normalized spacial score (nSPS) is 14.7. The van der Waals surface area contributed by atoms with E-state index in [9.17, 15) is 4.39 Å². The number of rotatable bonds is 4. The van der Waals surface area contributed by atoms with Gasteiger partial charge in [0.1, 0.15) is 11.6 Å². The highest BCUT2D eigenvalue weighted by Crippen LogP contribution is 2.32. The van der Waals surface area contributed by atoms with Crippen LogP contribution in [0.1, 0.15) is 24.7 Å². The molecule has 0 bridgehead atoms. The van der Waals surface area contributed by atoms with E-state index >= 15 is 0 Å². The Bertz CT molecular complexity index is 1270. The Labute approximate surface area is 189 Å². The number of nitrogens with two attached hydrogens (primary N) is 1. The molecule has 0 unspecified atom stereocenters. The number of nitrogen functional groups attached to an aromatic ring is 1. The Balaban J connectivity index is 1.56. The van der Waals surface area contributed by atoms with Gasteiger partial charge in [-0.3, -0.25) is 9.25 Å².